The zero-order valence-electron chi connectivity index (χ0n) is 15.0. The predicted molar refractivity (Wildman–Crippen MR) is 108 cm³/mol. The number of carbonyl (C=O) groups excluding carboxylic acids is 2. The van der Waals surface area contributed by atoms with Crippen LogP contribution in [0.1, 0.15) is 17.3 Å². The van der Waals surface area contributed by atoms with Gasteiger partial charge in [-0.3, -0.25) is 9.59 Å². The molecular formula is C22H21N3O2. The predicted octanol–water partition coefficient (Wildman–Crippen LogP) is 4.19. The maximum Gasteiger partial charge on any atom is 0.251 e. The van der Waals surface area contributed by atoms with Gasteiger partial charge in [0.25, 0.3) is 5.91 Å². The summed E-state index contributed by atoms with van der Waals surface area (Å²) >= 11 is 0. The van der Waals surface area contributed by atoms with Crippen molar-refractivity contribution in [1.82, 2.24) is 5.32 Å². The van der Waals surface area contributed by atoms with Crippen molar-refractivity contribution >= 4 is 28.9 Å². The van der Waals surface area contributed by atoms with Crippen LogP contribution in [0.15, 0.2) is 84.9 Å². The normalized spacial score (nSPS) is 11.3. The van der Waals surface area contributed by atoms with E-state index in [1.165, 1.54) is 0 Å². The van der Waals surface area contributed by atoms with Gasteiger partial charge in [0, 0.05) is 22.6 Å². The molecule has 0 aliphatic carbocycles. The van der Waals surface area contributed by atoms with E-state index in [2.05, 4.69) is 16.0 Å². The summed E-state index contributed by atoms with van der Waals surface area (Å²) in [5.74, 6) is -0.552. The van der Waals surface area contributed by atoms with Crippen molar-refractivity contribution in [2.75, 3.05) is 10.6 Å². The summed E-state index contributed by atoms with van der Waals surface area (Å²) in [7, 11) is 0. The van der Waals surface area contributed by atoms with Gasteiger partial charge in [-0.2, -0.15) is 0 Å². The minimum Gasteiger partial charge on any atom is -0.356 e. The Morgan fingerprint density at radius 1 is 0.704 bits per heavy atom. The van der Waals surface area contributed by atoms with Gasteiger partial charge in [-0.25, -0.2) is 0 Å². The van der Waals surface area contributed by atoms with Crippen LogP contribution in [0, 0.1) is 0 Å². The molecule has 3 N–H and O–H groups in total. The molecule has 3 aromatic rings. The van der Waals surface area contributed by atoms with Gasteiger partial charge in [0.1, 0.15) is 6.04 Å². The minimum absolute atomic E-state index is 0.275. The first-order chi connectivity index (χ1) is 13.1. The minimum atomic E-state index is -0.653. The Labute approximate surface area is 158 Å². The molecule has 27 heavy (non-hydrogen) atoms. The molecule has 136 valence electrons. The van der Waals surface area contributed by atoms with Gasteiger partial charge < -0.3 is 16.0 Å². The van der Waals surface area contributed by atoms with Crippen LogP contribution in [0.2, 0.25) is 0 Å². The molecule has 3 aromatic carbocycles. The lowest BCUT2D eigenvalue weighted by molar-refractivity contribution is -0.117. The molecular weight excluding hydrogens is 338 g/mol. The zero-order valence-corrected chi connectivity index (χ0v) is 15.0. The van der Waals surface area contributed by atoms with Crippen molar-refractivity contribution in [1.29, 1.82) is 0 Å². The molecule has 2 amide bonds. The molecule has 0 aromatic heterocycles. The van der Waals surface area contributed by atoms with Crippen LogP contribution in [-0.4, -0.2) is 17.9 Å². The van der Waals surface area contributed by atoms with Crippen LogP contribution in [0.5, 0.6) is 0 Å². The topological polar surface area (TPSA) is 70.2 Å². The number of hydrogen-bond acceptors (Lipinski definition) is 3. The number of carbonyl (C=O) groups is 2. The van der Waals surface area contributed by atoms with Crippen LogP contribution < -0.4 is 16.0 Å². The Hall–Kier alpha value is -3.60. The molecule has 0 aliphatic rings. The summed E-state index contributed by atoms with van der Waals surface area (Å²) in [6.07, 6.45) is 0. The lowest BCUT2D eigenvalue weighted by atomic mass is 10.2. The number of hydrogen-bond donors (Lipinski definition) is 3. The molecule has 0 aliphatic heterocycles. The monoisotopic (exact) mass is 359 g/mol. The lowest BCUT2D eigenvalue weighted by Gasteiger charge is -2.14. The maximum absolute atomic E-state index is 12.3. The highest BCUT2D eigenvalue weighted by atomic mass is 16.2. The van der Waals surface area contributed by atoms with Crippen molar-refractivity contribution in [3.8, 4) is 0 Å². The first-order valence-corrected chi connectivity index (χ1v) is 8.71. The fraction of sp³-hybridized carbons (Fsp3) is 0.0909. The Morgan fingerprint density at radius 3 is 1.85 bits per heavy atom. The van der Waals surface area contributed by atoms with Crippen molar-refractivity contribution in [3.63, 3.8) is 0 Å². The smallest absolute Gasteiger partial charge is 0.251 e. The molecule has 0 saturated heterocycles. The molecule has 0 heterocycles. The molecule has 1 atom stereocenters. The van der Waals surface area contributed by atoms with E-state index in [1.54, 1.807) is 31.2 Å². The van der Waals surface area contributed by atoms with Gasteiger partial charge in [0.05, 0.1) is 0 Å². The third kappa shape index (κ3) is 5.19. The first kappa shape index (κ1) is 18.2. The van der Waals surface area contributed by atoms with Gasteiger partial charge in [0.15, 0.2) is 0 Å². The van der Waals surface area contributed by atoms with E-state index in [0.717, 1.165) is 11.4 Å². The summed E-state index contributed by atoms with van der Waals surface area (Å²) < 4.78 is 0. The van der Waals surface area contributed by atoms with Crippen LogP contribution >= 0.6 is 0 Å². The highest BCUT2D eigenvalue weighted by Gasteiger charge is 2.16. The highest BCUT2D eigenvalue weighted by molar-refractivity contribution is 6.01. The SMILES string of the molecule is CC(NC(=O)c1ccccc1)C(=O)Nc1ccc(Nc2ccccc2)cc1. The standard InChI is InChI=1S/C22H21N3O2/c1-16(23-22(27)17-8-4-2-5-9-17)21(26)25-20-14-12-19(13-15-20)24-18-10-6-3-7-11-18/h2-16,24H,1H3,(H,23,27)(H,25,26). The van der Waals surface area contributed by atoms with Gasteiger partial charge >= 0.3 is 0 Å². The average molecular weight is 359 g/mol. The van der Waals surface area contributed by atoms with Crippen LogP contribution in [0.25, 0.3) is 0 Å². The number of para-hydroxylation sites is 1. The van der Waals surface area contributed by atoms with E-state index in [9.17, 15) is 9.59 Å². The molecule has 5 heteroatoms. The second-order valence-electron chi connectivity index (χ2n) is 6.12. The Kier molecular flexibility index (Phi) is 5.84. The van der Waals surface area contributed by atoms with E-state index in [0.29, 0.717) is 11.3 Å². The molecule has 0 saturated carbocycles. The highest BCUT2D eigenvalue weighted by Crippen LogP contribution is 2.18. The summed E-state index contributed by atoms with van der Waals surface area (Å²) in [4.78, 5) is 24.4. The maximum atomic E-state index is 12.3. The Balaban J connectivity index is 1.55. The third-order valence-electron chi connectivity index (χ3n) is 3.99. The summed E-state index contributed by atoms with van der Waals surface area (Å²) in [6.45, 7) is 1.65. The quantitative estimate of drug-likeness (QED) is 0.618. The van der Waals surface area contributed by atoms with Crippen molar-refractivity contribution in [2.45, 2.75) is 13.0 Å². The third-order valence-corrected chi connectivity index (χ3v) is 3.99. The van der Waals surface area contributed by atoms with Gasteiger partial charge in [-0.1, -0.05) is 36.4 Å². The van der Waals surface area contributed by atoms with Crippen LogP contribution in [0.3, 0.4) is 0 Å². The molecule has 5 nitrogen and oxygen atoms in total. The largest absolute Gasteiger partial charge is 0.356 e. The molecule has 3 rings (SSSR count). The molecule has 0 bridgehead atoms. The van der Waals surface area contributed by atoms with E-state index in [-0.39, 0.29) is 11.8 Å². The van der Waals surface area contributed by atoms with Crippen molar-refractivity contribution < 1.29 is 9.59 Å². The van der Waals surface area contributed by atoms with Crippen LogP contribution in [0.4, 0.5) is 17.1 Å². The fourth-order valence-electron chi connectivity index (χ4n) is 2.51. The lowest BCUT2D eigenvalue weighted by Crippen LogP contribution is -2.41. The number of amides is 2. The average Bonchev–Trinajstić information content (AvgIpc) is 2.71. The Bertz CT molecular complexity index is 894. The van der Waals surface area contributed by atoms with Gasteiger partial charge in [-0.05, 0) is 55.5 Å². The number of rotatable bonds is 6. The number of anilines is 3. The van der Waals surface area contributed by atoms with E-state index in [1.807, 2.05) is 60.7 Å². The number of benzene rings is 3. The zero-order chi connectivity index (χ0) is 19.1. The Morgan fingerprint density at radius 2 is 1.22 bits per heavy atom. The summed E-state index contributed by atoms with van der Waals surface area (Å²) in [6, 6.07) is 25.4. The summed E-state index contributed by atoms with van der Waals surface area (Å²) in [5.41, 5.74) is 3.10. The van der Waals surface area contributed by atoms with Gasteiger partial charge in [0.2, 0.25) is 5.91 Å². The second-order valence-corrected chi connectivity index (χ2v) is 6.12. The van der Waals surface area contributed by atoms with Gasteiger partial charge in [-0.15, -0.1) is 0 Å². The number of nitrogens with one attached hydrogen (secondary N) is 3. The summed E-state index contributed by atoms with van der Waals surface area (Å²) in [5, 5.41) is 8.79. The first-order valence-electron chi connectivity index (χ1n) is 8.71. The fourth-order valence-corrected chi connectivity index (χ4v) is 2.51. The second kappa shape index (κ2) is 8.67. The molecule has 0 radical (unpaired) electrons. The van der Waals surface area contributed by atoms with Crippen molar-refractivity contribution in [3.05, 3.63) is 90.5 Å². The molecule has 0 fully saturated rings. The van der Waals surface area contributed by atoms with Crippen LogP contribution in [-0.2, 0) is 4.79 Å². The van der Waals surface area contributed by atoms with E-state index < -0.39 is 6.04 Å². The van der Waals surface area contributed by atoms with E-state index in [4.69, 9.17) is 0 Å². The molecule has 0 spiro atoms. The van der Waals surface area contributed by atoms with Crippen molar-refractivity contribution in [2.24, 2.45) is 0 Å². The molecule has 1 unspecified atom stereocenters. The van der Waals surface area contributed by atoms with E-state index >= 15 is 0 Å².